The molecule has 0 N–H and O–H groups in total. The van der Waals surface area contributed by atoms with Crippen LogP contribution in [0.4, 0.5) is 0 Å². The third-order valence-corrected chi connectivity index (χ3v) is 2.69. The quantitative estimate of drug-likeness (QED) is 0.612. The van der Waals surface area contributed by atoms with E-state index < -0.39 is 0 Å². The maximum absolute atomic E-state index is 11.5. The van der Waals surface area contributed by atoms with Gasteiger partial charge in [-0.15, -0.1) is 0 Å². The van der Waals surface area contributed by atoms with Crippen molar-refractivity contribution in [3.05, 3.63) is 30.3 Å². The molecule has 1 heterocycles. The van der Waals surface area contributed by atoms with Crippen LogP contribution in [-0.4, -0.2) is 42.4 Å². The second-order valence-corrected chi connectivity index (χ2v) is 3.70. The topological polar surface area (TPSA) is 23.6 Å². The van der Waals surface area contributed by atoms with Crippen LogP contribution in [0.15, 0.2) is 23.9 Å². The predicted molar refractivity (Wildman–Crippen MR) is 55.4 cm³/mol. The molecule has 0 spiro atoms. The average Bonchev–Trinajstić information content (AvgIpc) is 2.23. The van der Waals surface area contributed by atoms with E-state index in [1.807, 2.05) is 7.05 Å². The van der Waals surface area contributed by atoms with Crippen molar-refractivity contribution < 1.29 is 4.79 Å². The summed E-state index contributed by atoms with van der Waals surface area (Å²) in [5, 5.41) is 0. The summed E-state index contributed by atoms with van der Waals surface area (Å²) in [4.78, 5) is 15.4. The van der Waals surface area contributed by atoms with Crippen LogP contribution in [0.1, 0.15) is 6.42 Å². The lowest BCUT2D eigenvalue weighted by atomic mass is 10.1. The Hall–Kier alpha value is -1.25. The van der Waals surface area contributed by atoms with Crippen LogP contribution in [0.5, 0.6) is 0 Å². The number of nitrogens with zero attached hydrogens (tertiary/aromatic N) is 2. The minimum atomic E-state index is 0.208. The van der Waals surface area contributed by atoms with Crippen molar-refractivity contribution >= 4 is 5.91 Å². The minimum absolute atomic E-state index is 0.208. The van der Waals surface area contributed by atoms with Gasteiger partial charge in [0.05, 0.1) is 6.54 Å². The van der Waals surface area contributed by atoms with Crippen molar-refractivity contribution in [1.82, 2.24) is 9.80 Å². The zero-order chi connectivity index (χ0) is 9.97. The number of rotatable bonds is 1. The van der Waals surface area contributed by atoms with Gasteiger partial charge in [-0.3, -0.25) is 4.79 Å². The van der Waals surface area contributed by atoms with Gasteiger partial charge in [-0.25, -0.2) is 0 Å². The molecule has 2 aliphatic rings. The molecule has 2 rings (SSSR count). The first-order valence-corrected chi connectivity index (χ1v) is 4.96. The molecule has 3 heteroatoms. The van der Waals surface area contributed by atoms with Crippen LogP contribution >= 0.6 is 0 Å². The van der Waals surface area contributed by atoms with E-state index in [9.17, 15) is 4.79 Å². The van der Waals surface area contributed by atoms with E-state index in [-0.39, 0.29) is 5.91 Å². The van der Waals surface area contributed by atoms with Crippen molar-refractivity contribution in [1.29, 1.82) is 0 Å². The SMILES string of the molecule is CN1CCN(C2=CC[CH]C=C2)CC1=O. The van der Waals surface area contributed by atoms with Gasteiger partial charge in [0.25, 0.3) is 0 Å². The molecule has 1 aliphatic carbocycles. The van der Waals surface area contributed by atoms with Gasteiger partial charge in [-0.1, -0.05) is 12.2 Å². The van der Waals surface area contributed by atoms with Crippen LogP contribution in [0.25, 0.3) is 0 Å². The Balaban J connectivity index is 2.02. The van der Waals surface area contributed by atoms with Crippen molar-refractivity contribution in [2.45, 2.75) is 6.42 Å². The third-order valence-electron chi connectivity index (χ3n) is 2.69. The summed E-state index contributed by atoms with van der Waals surface area (Å²) >= 11 is 0. The highest BCUT2D eigenvalue weighted by atomic mass is 16.2. The van der Waals surface area contributed by atoms with Crippen LogP contribution < -0.4 is 0 Å². The zero-order valence-corrected chi connectivity index (χ0v) is 8.44. The summed E-state index contributed by atoms with van der Waals surface area (Å²) in [5.74, 6) is 0.208. The summed E-state index contributed by atoms with van der Waals surface area (Å²) in [5.41, 5.74) is 1.19. The highest BCUT2D eigenvalue weighted by molar-refractivity contribution is 5.79. The largest absolute Gasteiger partial charge is 0.361 e. The molecule has 14 heavy (non-hydrogen) atoms. The fourth-order valence-corrected chi connectivity index (χ4v) is 1.72. The smallest absolute Gasteiger partial charge is 0.241 e. The van der Waals surface area contributed by atoms with Crippen molar-refractivity contribution in [3.63, 3.8) is 0 Å². The molecule has 0 aromatic rings. The fourth-order valence-electron chi connectivity index (χ4n) is 1.72. The zero-order valence-electron chi connectivity index (χ0n) is 8.44. The molecule has 0 saturated carbocycles. The lowest BCUT2D eigenvalue weighted by Gasteiger charge is -2.34. The van der Waals surface area contributed by atoms with E-state index in [0.29, 0.717) is 6.54 Å². The van der Waals surface area contributed by atoms with E-state index in [1.54, 1.807) is 4.90 Å². The number of hydrogen-bond donors (Lipinski definition) is 0. The number of carbonyl (C=O) groups is 1. The highest BCUT2D eigenvalue weighted by Crippen LogP contribution is 2.15. The molecule has 0 bridgehead atoms. The molecule has 1 amide bonds. The van der Waals surface area contributed by atoms with Crippen molar-refractivity contribution in [2.24, 2.45) is 0 Å². The summed E-state index contributed by atoms with van der Waals surface area (Å²) in [6.07, 6.45) is 9.38. The Morgan fingerprint density at radius 1 is 1.36 bits per heavy atom. The molecule has 1 fully saturated rings. The third kappa shape index (κ3) is 1.81. The summed E-state index contributed by atoms with van der Waals surface area (Å²) < 4.78 is 0. The number of hydrogen-bond acceptors (Lipinski definition) is 2. The first kappa shape index (κ1) is 9.31. The van der Waals surface area contributed by atoms with Crippen molar-refractivity contribution in [2.75, 3.05) is 26.7 Å². The molecule has 1 radical (unpaired) electrons. The lowest BCUT2D eigenvalue weighted by molar-refractivity contribution is -0.133. The molecule has 75 valence electrons. The molecule has 0 unspecified atom stereocenters. The Morgan fingerprint density at radius 3 is 2.86 bits per heavy atom. The molecule has 1 saturated heterocycles. The Bertz CT molecular complexity index is 294. The van der Waals surface area contributed by atoms with Gasteiger partial charge in [0.1, 0.15) is 0 Å². The van der Waals surface area contributed by atoms with E-state index in [4.69, 9.17) is 0 Å². The molecule has 0 aromatic carbocycles. The van der Waals surface area contributed by atoms with E-state index >= 15 is 0 Å². The van der Waals surface area contributed by atoms with Gasteiger partial charge in [0.2, 0.25) is 5.91 Å². The maximum Gasteiger partial charge on any atom is 0.241 e. The first-order chi connectivity index (χ1) is 6.77. The summed E-state index contributed by atoms with van der Waals surface area (Å²) in [6, 6.07) is 0. The van der Waals surface area contributed by atoms with E-state index in [2.05, 4.69) is 29.5 Å². The second-order valence-electron chi connectivity index (χ2n) is 3.70. The fraction of sp³-hybridized carbons (Fsp3) is 0.455. The normalized spacial score (nSPS) is 22.6. The number of allylic oxidation sites excluding steroid dienone is 3. The standard InChI is InChI=1S/C11H15N2O/c1-12-7-8-13(9-11(12)14)10-5-3-2-4-6-10/h2-3,5-6H,4,7-9H2,1H3. The van der Waals surface area contributed by atoms with Gasteiger partial charge < -0.3 is 9.80 Å². The van der Waals surface area contributed by atoms with Crippen molar-refractivity contribution in [3.8, 4) is 0 Å². The van der Waals surface area contributed by atoms with Gasteiger partial charge in [-0.2, -0.15) is 0 Å². The van der Waals surface area contributed by atoms with Crippen LogP contribution in [-0.2, 0) is 4.79 Å². The van der Waals surface area contributed by atoms with E-state index in [0.717, 1.165) is 19.5 Å². The predicted octanol–water partition coefficient (Wildman–Crippen LogP) is 0.808. The van der Waals surface area contributed by atoms with Crippen LogP contribution in [0, 0.1) is 6.42 Å². The highest BCUT2D eigenvalue weighted by Gasteiger charge is 2.21. The molecular formula is C11H15N2O. The monoisotopic (exact) mass is 191 g/mol. The van der Waals surface area contributed by atoms with Gasteiger partial charge >= 0.3 is 0 Å². The number of amides is 1. The molecule has 1 aliphatic heterocycles. The molecular weight excluding hydrogens is 176 g/mol. The minimum Gasteiger partial charge on any atom is -0.361 e. The summed E-state index contributed by atoms with van der Waals surface area (Å²) in [7, 11) is 1.86. The lowest BCUT2D eigenvalue weighted by Crippen LogP contribution is -2.47. The maximum atomic E-state index is 11.5. The summed E-state index contributed by atoms with van der Waals surface area (Å²) in [6.45, 7) is 2.29. The van der Waals surface area contributed by atoms with Crippen LogP contribution in [0.3, 0.4) is 0 Å². The van der Waals surface area contributed by atoms with Crippen LogP contribution in [0.2, 0.25) is 0 Å². The molecule has 0 atom stereocenters. The van der Waals surface area contributed by atoms with Gasteiger partial charge in [0.15, 0.2) is 0 Å². The second kappa shape index (κ2) is 3.86. The van der Waals surface area contributed by atoms with E-state index in [1.165, 1.54) is 5.70 Å². The number of likely N-dealkylation sites (N-methyl/N-ethyl adjacent to an activating group) is 1. The first-order valence-electron chi connectivity index (χ1n) is 4.96. The number of carbonyl (C=O) groups excluding carboxylic acids is 1. The Labute approximate surface area is 84.7 Å². The van der Waals surface area contributed by atoms with Gasteiger partial charge in [-0.05, 0) is 18.9 Å². The molecule has 0 aromatic heterocycles. The Kier molecular flexibility index (Phi) is 2.57. The molecule has 3 nitrogen and oxygen atoms in total. The Morgan fingerprint density at radius 2 is 2.21 bits per heavy atom. The van der Waals surface area contributed by atoms with Gasteiger partial charge in [0, 0.05) is 25.8 Å². The number of piperazine rings is 1. The average molecular weight is 191 g/mol.